The number of hydrogen-bond acceptors (Lipinski definition) is 5. The number of carbonyl (C=O) groups excluding carboxylic acids is 2. The first-order chi connectivity index (χ1) is 14.9. The number of aliphatic hydroxyl groups is 1. The van der Waals surface area contributed by atoms with E-state index in [9.17, 15) is 24.8 Å². The number of hydrogen-bond donors (Lipinski definition) is 1. The summed E-state index contributed by atoms with van der Waals surface area (Å²) in [6.07, 6.45) is 0. The molecule has 0 aromatic heterocycles. The van der Waals surface area contributed by atoms with Crippen molar-refractivity contribution in [1.29, 1.82) is 0 Å². The molecule has 4 rings (SSSR count). The zero-order valence-electron chi connectivity index (χ0n) is 15.9. The highest BCUT2D eigenvalue weighted by Gasteiger charge is 2.48. The summed E-state index contributed by atoms with van der Waals surface area (Å²) in [6.45, 7) is 0. The quantitative estimate of drug-likeness (QED) is 0.207. The fourth-order valence-corrected chi connectivity index (χ4v) is 3.76. The second-order valence-electron chi connectivity index (χ2n) is 6.83. The van der Waals surface area contributed by atoms with E-state index in [1.807, 2.05) is 0 Å². The Morgan fingerprint density at radius 2 is 1.55 bits per heavy atom. The molecular weight excluding hydrogens is 420 g/mol. The van der Waals surface area contributed by atoms with Crippen LogP contribution in [0.15, 0.2) is 84.4 Å². The number of Topliss-reactive ketones (excluding diaryl/α,β-unsaturated/α-hetero) is 1. The Hall–Kier alpha value is -3.97. The lowest BCUT2D eigenvalue weighted by molar-refractivity contribution is -0.385. The molecule has 0 saturated carbocycles. The summed E-state index contributed by atoms with van der Waals surface area (Å²) >= 11 is 5.95. The minimum Gasteiger partial charge on any atom is -0.507 e. The van der Waals surface area contributed by atoms with Gasteiger partial charge < -0.3 is 5.11 Å². The van der Waals surface area contributed by atoms with E-state index in [-0.39, 0.29) is 16.8 Å². The minimum absolute atomic E-state index is 0.110. The third-order valence-corrected chi connectivity index (χ3v) is 5.28. The standard InChI is InChI=1S/C23H15ClN2O5/c24-15-10-12-16(13-11-15)25-20(17-8-4-5-9-18(17)26(30)31)19(22(28)23(25)29)21(27)14-6-2-1-3-7-14/h1-13,20,27H. The average Bonchev–Trinajstić information content (AvgIpc) is 3.05. The molecule has 31 heavy (non-hydrogen) atoms. The van der Waals surface area contributed by atoms with Gasteiger partial charge in [-0.05, 0) is 30.3 Å². The second kappa shape index (κ2) is 8.04. The highest BCUT2D eigenvalue weighted by molar-refractivity contribution is 6.51. The van der Waals surface area contributed by atoms with Gasteiger partial charge in [-0.2, -0.15) is 0 Å². The lowest BCUT2D eigenvalue weighted by Crippen LogP contribution is -2.29. The van der Waals surface area contributed by atoms with Crippen LogP contribution in [0.1, 0.15) is 17.2 Å². The number of benzene rings is 3. The van der Waals surface area contributed by atoms with Gasteiger partial charge in [-0.25, -0.2) is 0 Å². The Bertz CT molecular complexity index is 1220. The van der Waals surface area contributed by atoms with E-state index in [0.29, 0.717) is 16.3 Å². The van der Waals surface area contributed by atoms with Crippen molar-refractivity contribution in [2.24, 2.45) is 0 Å². The van der Waals surface area contributed by atoms with E-state index >= 15 is 0 Å². The van der Waals surface area contributed by atoms with Gasteiger partial charge in [0.2, 0.25) is 0 Å². The van der Waals surface area contributed by atoms with E-state index in [1.54, 1.807) is 48.5 Å². The molecule has 154 valence electrons. The SMILES string of the molecule is O=C1C(=O)N(c2ccc(Cl)cc2)C(c2ccccc2[N+](=O)[O-])C1=C(O)c1ccccc1. The second-order valence-corrected chi connectivity index (χ2v) is 7.26. The van der Waals surface area contributed by atoms with Gasteiger partial charge in [-0.1, -0.05) is 54.1 Å². The van der Waals surface area contributed by atoms with Crippen molar-refractivity contribution in [2.75, 3.05) is 4.90 Å². The maximum Gasteiger partial charge on any atom is 0.300 e. The van der Waals surface area contributed by atoms with Gasteiger partial charge in [0, 0.05) is 22.3 Å². The van der Waals surface area contributed by atoms with Gasteiger partial charge in [0.1, 0.15) is 11.8 Å². The zero-order valence-corrected chi connectivity index (χ0v) is 16.7. The van der Waals surface area contributed by atoms with Crippen molar-refractivity contribution >= 4 is 40.4 Å². The molecule has 0 spiro atoms. The maximum absolute atomic E-state index is 13.0. The molecule has 7 nitrogen and oxygen atoms in total. The van der Waals surface area contributed by atoms with Crippen LogP contribution in [0.2, 0.25) is 5.02 Å². The van der Waals surface area contributed by atoms with Crippen LogP contribution < -0.4 is 4.90 Å². The fraction of sp³-hybridized carbons (Fsp3) is 0.0435. The van der Waals surface area contributed by atoms with Crippen molar-refractivity contribution in [3.05, 3.63) is 111 Å². The largest absolute Gasteiger partial charge is 0.507 e. The van der Waals surface area contributed by atoms with Crippen molar-refractivity contribution in [2.45, 2.75) is 6.04 Å². The van der Waals surface area contributed by atoms with E-state index in [0.717, 1.165) is 4.90 Å². The summed E-state index contributed by atoms with van der Waals surface area (Å²) < 4.78 is 0. The summed E-state index contributed by atoms with van der Waals surface area (Å²) in [4.78, 5) is 38.3. The third-order valence-electron chi connectivity index (χ3n) is 5.02. The molecule has 0 radical (unpaired) electrons. The van der Waals surface area contributed by atoms with E-state index in [1.165, 1.54) is 30.3 Å². The molecule has 0 aliphatic carbocycles. The summed E-state index contributed by atoms with van der Waals surface area (Å²) in [5, 5.41) is 23.1. The number of aliphatic hydroxyl groups excluding tert-OH is 1. The van der Waals surface area contributed by atoms with Gasteiger partial charge in [0.05, 0.1) is 16.1 Å². The highest BCUT2D eigenvalue weighted by Crippen LogP contribution is 2.44. The highest BCUT2D eigenvalue weighted by atomic mass is 35.5. The first-order valence-corrected chi connectivity index (χ1v) is 9.63. The smallest absolute Gasteiger partial charge is 0.300 e. The number of nitro benzene ring substituents is 1. The Labute approximate surface area is 182 Å². The molecule has 1 amide bonds. The number of ketones is 1. The maximum atomic E-state index is 13.0. The molecule has 1 heterocycles. The van der Waals surface area contributed by atoms with Crippen LogP contribution in [-0.2, 0) is 9.59 Å². The molecule has 1 aliphatic rings. The van der Waals surface area contributed by atoms with Crippen LogP contribution in [0.3, 0.4) is 0 Å². The minimum atomic E-state index is -1.19. The van der Waals surface area contributed by atoms with Crippen LogP contribution in [0.4, 0.5) is 11.4 Å². The summed E-state index contributed by atoms with van der Waals surface area (Å²) in [7, 11) is 0. The molecule has 1 atom stereocenters. The van der Waals surface area contributed by atoms with Crippen LogP contribution in [0.25, 0.3) is 5.76 Å². The number of nitro groups is 1. The number of rotatable bonds is 4. The summed E-state index contributed by atoms with van der Waals surface area (Å²) in [5.41, 5.74) is 0.258. The topological polar surface area (TPSA) is 101 Å². The molecule has 3 aromatic carbocycles. The van der Waals surface area contributed by atoms with E-state index < -0.39 is 28.4 Å². The molecule has 3 aromatic rings. The van der Waals surface area contributed by atoms with Crippen molar-refractivity contribution in [3.8, 4) is 0 Å². The number of carbonyl (C=O) groups is 2. The normalized spacial score (nSPS) is 17.7. The van der Waals surface area contributed by atoms with Crippen molar-refractivity contribution in [1.82, 2.24) is 0 Å². The first kappa shape index (κ1) is 20.3. The molecule has 1 N–H and O–H groups in total. The molecular formula is C23H15ClN2O5. The predicted molar refractivity (Wildman–Crippen MR) is 116 cm³/mol. The number of anilines is 1. The van der Waals surface area contributed by atoms with Gasteiger partial charge in [0.15, 0.2) is 0 Å². The summed E-state index contributed by atoms with van der Waals surface area (Å²) in [6, 6.07) is 19.1. The van der Waals surface area contributed by atoms with Gasteiger partial charge >= 0.3 is 0 Å². The lowest BCUT2D eigenvalue weighted by Gasteiger charge is -2.25. The number of halogens is 1. The third kappa shape index (κ3) is 3.55. The molecule has 1 unspecified atom stereocenters. The zero-order chi connectivity index (χ0) is 22.1. The average molecular weight is 435 g/mol. The first-order valence-electron chi connectivity index (χ1n) is 9.25. The number of para-hydroxylation sites is 1. The molecule has 0 bridgehead atoms. The van der Waals surface area contributed by atoms with E-state index in [4.69, 9.17) is 11.6 Å². The monoisotopic (exact) mass is 434 g/mol. The molecule has 1 fully saturated rings. The van der Waals surface area contributed by atoms with Crippen molar-refractivity contribution in [3.63, 3.8) is 0 Å². The lowest BCUT2D eigenvalue weighted by atomic mass is 9.94. The van der Waals surface area contributed by atoms with Crippen molar-refractivity contribution < 1.29 is 19.6 Å². The van der Waals surface area contributed by atoms with E-state index in [2.05, 4.69) is 0 Å². The summed E-state index contributed by atoms with van der Waals surface area (Å²) in [5.74, 6) is -2.24. The number of amides is 1. The van der Waals surface area contributed by atoms with Gasteiger partial charge in [0.25, 0.3) is 17.4 Å². The Kier molecular flexibility index (Phi) is 5.27. The molecule has 8 heteroatoms. The molecule has 1 saturated heterocycles. The number of nitrogens with zero attached hydrogens (tertiary/aromatic N) is 2. The fourth-order valence-electron chi connectivity index (χ4n) is 3.63. The molecule has 1 aliphatic heterocycles. The Balaban J connectivity index is 2.01. The Morgan fingerprint density at radius 3 is 2.19 bits per heavy atom. The van der Waals surface area contributed by atoms with Crippen LogP contribution in [-0.4, -0.2) is 21.7 Å². The van der Waals surface area contributed by atoms with Gasteiger partial charge in [-0.15, -0.1) is 0 Å². The van der Waals surface area contributed by atoms with Crippen LogP contribution in [0.5, 0.6) is 0 Å². The predicted octanol–water partition coefficient (Wildman–Crippen LogP) is 4.87. The Morgan fingerprint density at radius 1 is 0.935 bits per heavy atom. The van der Waals surface area contributed by atoms with Crippen LogP contribution in [0, 0.1) is 10.1 Å². The van der Waals surface area contributed by atoms with Crippen LogP contribution >= 0.6 is 11.6 Å². The van der Waals surface area contributed by atoms with Gasteiger partial charge in [-0.3, -0.25) is 24.6 Å².